The summed E-state index contributed by atoms with van der Waals surface area (Å²) in [5.74, 6) is 1.08. The van der Waals surface area contributed by atoms with Gasteiger partial charge in [-0.3, -0.25) is 0 Å². The third-order valence-electron chi connectivity index (χ3n) is 3.60. The van der Waals surface area contributed by atoms with Crippen LogP contribution in [0.25, 0.3) is 0 Å². The smallest absolute Gasteiger partial charge is 0.125 e. The van der Waals surface area contributed by atoms with Crippen LogP contribution in [-0.4, -0.2) is 18.7 Å². The van der Waals surface area contributed by atoms with Crippen molar-refractivity contribution in [2.75, 3.05) is 13.2 Å². The molecule has 1 N–H and O–H groups in total. The van der Waals surface area contributed by atoms with Gasteiger partial charge < -0.3 is 10.1 Å². The van der Waals surface area contributed by atoms with E-state index in [1.54, 1.807) is 0 Å². The maximum Gasteiger partial charge on any atom is 0.125 e. The van der Waals surface area contributed by atoms with Crippen LogP contribution in [0.15, 0.2) is 12.1 Å². The normalized spacial score (nSPS) is 11.7. The van der Waals surface area contributed by atoms with E-state index in [-0.39, 0.29) is 5.54 Å². The minimum atomic E-state index is 0.228. The van der Waals surface area contributed by atoms with Gasteiger partial charge in [-0.15, -0.1) is 0 Å². The monoisotopic (exact) mass is 277 g/mol. The molecule has 0 bridgehead atoms. The van der Waals surface area contributed by atoms with E-state index in [1.165, 1.54) is 29.5 Å². The van der Waals surface area contributed by atoms with Crippen LogP contribution in [0.4, 0.5) is 0 Å². The highest BCUT2D eigenvalue weighted by atomic mass is 16.5. The van der Waals surface area contributed by atoms with Crippen molar-refractivity contribution >= 4 is 0 Å². The molecule has 0 aliphatic carbocycles. The fourth-order valence-electron chi connectivity index (χ4n) is 2.19. The molecule has 1 aromatic carbocycles. The van der Waals surface area contributed by atoms with Crippen molar-refractivity contribution in [3.8, 4) is 5.75 Å². The Labute approximate surface area is 124 Å². The standard InChI is InChI=1S/C18H31NO/c1-14-10-11-15(2)17(16(14)3)20-13-9-7-8-12-19-18(4,5)6/h10-11,19H,7-9,12-13H2,1-6H3. The average molecular weight is 277 g/mol. The Hall–Kier alpha value is -1.02. The van der Waals surface area contributed by atoms with Crippen LogP contribution >= 0.6 is 0 Å². The topological polar surface area (TPSA) is 21.3 Å². The van der Waals surface area contributed by atoms with Crippen LogP contribution in [0.3, 0.4) is 0 Å². The summed E-state index contributed by atoms with van der Waals surface area (Å²) >= 11 is 0. The Morgan fingerprint density at radius 2 is 1.60 bits per heavy atom. The Morgan fingerprint density at radius 1 is 0.950 bits per heavy atom. The maximum atomic E-state index is 5.98. The van der Waals surface area contributed by atoms with Crippen LogP contribution < -0.4 is 10.1 Å². The molecule has 0 aliphatic rings. The fraction of sp³-hybridized carbons (Fsp3) is 0.667. The zero-order chi connectivity index (χ0) is 15.2. The Balaban J connectivity index is 2.24. The predicted molar refractivity (Wildman–Crippen MR) is 87.8 cm³/mol. The third kappa shape index (κ3) is 5.96. The second-order valence-corrected chi connectivity index (χ2v) is 6.74. The first-order valence-electron chi connectivity index (χ1n) is 7.76. The molecule has 0 saturated carbocycles. The van der Waals surface area contributed by atoms with Gasteiger partial charge in [0.15, 0.2) is 0 Å². The molecule has 0 fully saturated rings. The molecule has 114 valence electrons. The first-order chi connectivity index (χ1) is 9.31. The summed E-state index contributed by atoms with van der Waals surface area (Å²) < 4.78 is 5.98. The molecular weight excluding hydrogens is 246 g/mol. The van der Waals surface area contributed by atoms with E-state index in [4.69, 9.17) is 4.74 Å². The van der Waals surface area contributed by atoms with Gasteiger partial charge in [0, 0.05) is 5.54 Å². The number of rotatable bonds is 7. The molecule has 0 aromatic heterocycles. The van der Waals surface area contributed by atoms with Crippen molar-refractivity contribution < 1.29 is 4.74 Å². The minimum absolute atomic E-state index is 0.228. The number of aryl methyl sites for hydroxylation is 2. The Kier molecular flexibility index (Phi) is 6.54. The Morgan fingerprint density at radius 3 is 2.25 bits per heavy atom. The lowest BCUT2D eigenvalue weighted by Crippen LogP contribution is -2.36. The average Bonchev–Trinajstić information content (AvgIpc) is 2.35. The zero-order valence-corrected chi connectivity index (χ0v) is 14.1. The van der Waals surface area contributed by atoms with Crippen LogP contribution in [0.2, 0.25) is 0 Å². The van der Waals surface area contributed by atoms with E-state index >= 15 is 0 Å². The highest BCUT2D eigenvalue weighted by Gasteiger charge is 2.08. The third-order valence-corrected chi connectivity index (χ3v) is 3.60. The second-order valence-electron chi connectivity index (χ2n) is 6.74. The number of benzene rings is 1. The largest absolute Gasteiger partial charge is 0.493 e. The van der Waals surface area contributed by atoms with Crippen LogP contribution in [0.1, 0.15) is 56.7 Å². The number of nitrogens with one attached hydrogen (secondary N) is 1. The first kappa shape index (κ1) is 17.0. The van der Waals surface area contributed by atoms with Gasteiger partial charge in [-0.25, -0.2) is 0 Å². The lowest BCUT2D eigenvalue weighted by Gasteiger charge is -2.20. The quantitative estimate of drug-likeness (QED) is 0.738. The summed E-state index contributed by atoms with van der Waals surface area (Å²) in [7, 11) is 0. The number of hydrogen-bond acceptors (Lipinski definition) is 2. The summed E-state index contributed by atoms with van der Waals surface area (Å²) in [6, 6.07) is 4.31. The highest BCUT2D eigenvalue weighted by molar-refractivity contribution is 5.44. The highest BCUT2D eigenvalue weighted by Crippen LogP contribution is 2.25. The van der Waals surface area contributed by atoms with Crippen molar-refractivity contribution in [1.82, 2.24) is 5.32 Å². The minimum Gasteiger partial charge on any atom is -0.493 e. The molecule has 0 radical (unpaired) electrons. The van der Waals surface area contributed by atoms with E-state index < -0.39 is 0 Å². The molecule has 20 heavy (non-hydrogen) atoms. The maximum absolute atomic E-state index is 5.98. The molecule has 0 aliphatic heterocycles. The van der Waals surface area contributed by atoms with Gasteiger partial charge in [0.25, 0.3) is 0 Å². The van der Waals surface area contributed by atoms with Crippen molar-refractivity contribution in [2.24, 2.45) is 0 Å². The second kappa shape index (κ2) is 7.68. The number of hydrogen-bond donors (Lipinski definition) is 1. The van der Waals surface area contributed by atoms with Crippen molar-refractivity contribution in [3.05, 3.63) is 28.8 Å². The number of unbranched alkanes of at least 4 members (excludes halogenated alkanes) is 2. The van der Waals surface area contributed by atoms with Crippen LogP contribution in [0.5, 0.6) is 5.75 Å². The lowest BCUT2D eigenvalue weighted by atomic mass is 10.1. The van der Waals surface area contributed by atoms with E-state index in [1.807, 2.05) is 0 Å². The predicted octanol–water partition coefficient (Wildman–Crippen LogP) is 4.55. The molecule has 0 amide bonds. The van der Waals surface area contributed by atoms with E-state index in [0.717, 1.165) is 25.3 Å². The van der Waals surface area contributed by atoms with E-state index in [9.17, 15) is 0 Å². The Bertz CT molecular complexity index is 418. The zero-order valence-electron chi connectivity index (χ0n) is 14.1. The van der Waals surface area contributed by atoms with Gasteiger partial charge in [0.05, 0.1) is 6.61 Å². The summed E-state index contributed by atoms with van der Waals surface area (Å²) in [5, 5.41) is 3.52. The van der Waals surface area contributed by atoms with Gasteiger partial charge in [-0.2, -0.15) is 0 Å². The molecule has 2 heteroatoms. The van der Waals surface area contributed by atoms with Crippen LogP contribution in [-0.2, 0) is 0 Å². The fourth-order valence-corrected chi connectivity index (χ4v) is 2.19. The van der Waals surface area contributed by atoms with Crippen molar-refractivity contribution in [3.63, 3.8) is 0 Å². The van der Waals surface area contributed by atoms with Crippen molar-refractivity contribution in [1.29, 1.82) is 0 Å². The van der Waals surface area contributed by atoms with Gasteiger partial charge in [0.1, 0.15) is 5.75 Å². The van der Waals surface area contributed by atoms with E-state index in [0.29, 0.717) is 0 Å². The molecule has 0 atom stereocenters. The molecule has 0 heterocycles. The van der Waals surface area contributed by atoms with Gasteiger partial charge in [-0.1, -0.05) is 12.1 Å². The summed E-state index contributed by atoms with van der Waals surface area (Å²) in [4.78, 5) is 0. The van der Waals surface area contributed by atoms with Crippen molar-refractivity contribution in [2.45, 2.75) is 66.3 Å². The molecular formula is C18H31NO. The molecule has 1 rings (SSSR count). The SMILES string of the molecule is Cc1ccc(C)c(OCCCCCNC(C)(C)C)c1C. The first-order valence-corrected chi connectivity index (χ1v) is 7.76. The van der Waals surface area contributed by atoms with Crippen LogP contribution in [0, 0.1) is 20.8 Å². The van der Waals surface area contributed by atoms with Gasteiger partial charge >= 0.3 is 0 Å². The summed E-state index contributed by atoms with van der Waals surface area (Å²) in [6.45, 7) is 14.9. The molecule has 0 unspecified atom stereocenters. The van der Waals surface area contributed by atoms with Gasteiger partial charge in [-0.05, 0) is 84.0 Å². The van der Waals surface area contributed by atoms with Gasteiger partial charge in [0.2, 0.25) is 0 Å². The molecule has 1 aromatic rings. The molecule has 0 saturated heterocycles. The summed E-state index contributed by atoms with van der Waals surface area (Å²) in [6.07, 6.45) is 3.55. The van der Waals surface area contributed by atoms with E-state index in [2.05, 4.69) is 59.0 Å². The molecule has 2 nitrogen and oxygen atoms in total. The number of ether oxygens (including phenoxy) is 1. The summed E-state index contributed by atoms with van der Waals surface area (Å²) in [5.41, 5.74) is 4.05. The molecule has 0 spiro atoms. The lowest BCUT2D eigenvalue weighted by molar-refractivity contribution is 0.299.